The highest BCUT2D eigenvalue weighted by atomic mass is 32.2. The Balaban J connectivity index is 0.000000405. The van der Waals surface area contributed by atoms with E-state index in [-0.39, 0.29) is 99.9 Å². The molecule has 0 heterocycles. The molecule has 0 saturated carbocycles. The van der Waals surface area contributed by atoms with Crippen molar-refractivity contribution in [3.05, 3.63) is 203 Å². The third kappa shape index (κ3) is 42.6. The Kier molecular flexibility index (Phi) is 53.9. The van der Waals surface area contributed by atoms with Crippen LogP contribution < -0.4 is 31.2 Å². The van der Waals surface area contributed by atoms with Crippen LogP contribution in [0, 0.1) is 0 Å². The highest BCUT2D eigenvalue weighted by molar-refractivity contribution is 8.00. The number of carboxylic acids is 3. The molecule has 0 aliphatic rings. The number of nitrogens with two attached hydrogens (primary N) is 1. The number of carbonyl (C=O) groups is 6. The van der Waals surface area contributed by atoms with E-state index in [4.69, 9.17) is 49.5 Å². The smallest absolute Gasteiger partial charge is 0.329 e. The maximum atomic E-state index is 12.2. The molecule has 612 valence electrons. The van der Waals surface area contributed by atoms with Crippen LogP contribution in [0.15, 0.2) is 170 Å². The maximum absolute atomic E-state index is 12.2. The predicted octanol–water partition coefficient (Wildman–Crippen LogP) is 15.5. The molecule has 0 unspecified atom stereocenters. The van der Waals surface area contributed by atoms with Gasteiger partial charge in [0.1, 0.15) is 37.9 Å². The van der Waals surface area contributed by atoms with Crippen molar-refractivity contribution in [2.24, 2.45) is 5.73 Å². The molecule has 0 saturated heterocycles. The average Bonchev–Trinajstić information content (AvgIpc) is 0.765. The lowest BCUT2D eigenvalue weighted by atomic mass is 9.84. The summed E-state index contributed by atoms with van der Waals surface area (Å²) in [7, 11) is 3.43. The minimum Gasteiger partial charge on any atom is -0.497 e. The molecule has 0 aliphatic carbocycles. The number of unbranched alkanes of at least 4 members (excludes halogenated alkanes) is 18. The van der Waals surface area contributed by atoms with E-state index in [1.54, 1.807) is 14.2 Å². The standard InChI is InChI=1S/C44H62N2O8S.C36H50N2O2S.C8H14O7/c1-51-40-26-24-39(25-27-40)44(37-19-11-8-12-20-37,38-21-13-9-14-22-38)55-34-18-7-5-3-2-4-6-15-23-41(47)45-28-16-10-17-29-46-42(48)35-53-32-30-52-31-33-54-36-43(49)50;1-40-34-26-24-33(25-27-34)36(31-19-11-8-12-20-31,32-21-13-9-14-22-32)41-30-18-7-5-3-2-4-6-15-23-35(39)38-29-17-10-16-28-37;9-7(10)5-14-3-1-13-2-4-15-6-8(11)12/h8-9,11-14,19-22,24-27H,2-7,10,15-18,23,28-36H2,1H3,(H,45,47)(H,46,48)(H,49,50);8-9,11-14,19-22,24-27H,2-7,10,15-18,23,28-30,37H2,1H3,(H,38,39);1-6H2,(H,9,10)(H,11,12). The monoisotopic (exact) mass is 1570 g/mol. The maximum Gasteiger partial charge on any atom is 0.329 e. The van der Waals surface area contributed by atoms with Crippen molar-refractivity contribution in [3.8, 4) is 11.5 Å². The first-order valence-electron chi connectivity index (χ1n) is 39.7. The van der Waals surface area contributed by atoms with Gasteiger partial charge in [0.05, 0.1) is 76.6 Å². The van der Waals surface area contributed by atoms with Crippen molar-refractivity contribution < 1.29 is 82.0 Å². The molecular formula is C88H126N4O17S2. The zero-order valence-electron chi connectivity index (χ0n) is 65.8. The van der Waals surface area contributed by atoms with Crippen LogP contribution in [0.25, 0.3) is 0 Å². The quantitative estimate of drug-likeness (QED) is 0.0138. The SMILES string of the molecule is COc1ccc(C(SCCCCCCCCCCC(=O)NCCCCCN)(c2ccccc2)c2ccccc2)cc1.COc1ccc(C(SCCCCCCCCCCC(=O)NCCCCCNC(=O)COCCOCCOCC(=O)O)(c2ccccc2)c2ccccc2)cc1.O=C(O)COCCOCCOCC(=O)O. The number of carboxylic acid groups (broad SMARTS) is 3. The van der Waals surface area contributed by atoms with Crippen molar-refractivity contribution >= 4 is 59.2 Å². The summed E-state index contributed by atoms with van der Waals surface area (Å²) in [5, 5.41) is 33.7. The molecule has 0 spiro atoms. The number of thioether (sulfide) groups is 2. The van der Waals surface area contributed by atoms with Gasteiger partial charge in [-0.3, -0.25) is 14.4 Å². The van der Waals surface area contributed by atoms with E-state index in [9.17, 15) is 28.8 Å². The number of methoxy groups -OCH3 is 2. The van der Waals surface area contributed by atoms with Crippen molar-refractivity contribution in [3.63, 3.8) is 0 Å². The second-order valence-corrected chi connectivity index (χ2v) is 29.3. The lowest BCUT2D eigenvalue weighted by molar-refractivity contribution is -0.144. The van der Waals surface area contributed by atoms with Gasteiger partial charge < -0.3 is 74.9 Å². The van der Waals surface area contributed by atoms with Crippen molar-refractivity contribution in [1.29, 1.82) is 0 Å². The molecule has 8 N–H and O–H groups in total. The number of ether oxygens (including phenoxy) is 8. The Bertz CT molecular complexity index is 3250. The first-order chi connectivity index (χ1) is 54.3. The third-order valence-corrected chi connectivity index (χ3v) is 21.3. The Morgan fingerprint density at radius 1 is 0.306 bits per heavy atom. The molecule has 0 aromatic heterocycles. The van der Waals surface area contributed by atoms with E-state index in [0.717, 1.165) is 100 Å². The van der Waals surface area contributed by atoms with Crippen LogP contribution in [0.3, 0.4) is 0 Å². The second kappa shape index (κ2) is 62.7. The minimum atomic E-state index is -1.03. The van der Waals surface area contributed by atoms with Gasteiger partial charge >= 0.3 is 17.9 Å². The van der Waals surface area contributed by atoms with E-state index in [2.05, 4.69) is 195 Å². The largest absolute Gasteiger partial charge is 0.497 e. The molecule has 0 bridgehead atoms. The molecule has 6 rings (SSSR count). The Morgan fingerprint density at radius 3 is 0.856 bits per heavy atom. The number of rotatable bonds is 63. The fourth-order valence-corrected chi connectivity index (χ4v) is 15.4. The number of carbonyl (C=O) groups excluding carboxylic acids is 3. The summed E-state index contributed by atoms with van der Waals surface area (Å²) in [6.45, 7) is 3.59. The normalized spacial score (nSPS) is 11.2. The van der Waals surface area contributed by atoms with Gasteiger partial charge in [-0.2, -0.15) is 0 Å². The molecule has 0 atom stereocenters. The average molecular weight is 1580 g/mol. The number of amides is 3. The highest BCUT2D eigenvalue weighted by Crippen LogP contribution is 2.50. The Labute approximate surface area is 668 Å². The molecule has 0 radical (unpaired) electrons. The predicted molar refractivity (Wildman–Crippen MR) is 443 cm³/mol. The molecular weight excluding hydrogens is 1450 g/mol. The summed E-state index contributed by atoms with van der Waals surface area (Å²) in [6, 6.07) is 60.7. The van der Waals surface area contributed by atoms with Crippen molar-refractivity contribution in [2.75, 3.05) is 131 Å². The zero-order valence-corrected chi connectivity index (χ0v) is 67.4. The van der Waals surface area contributed by atoms with Gasteiger partial charge in [-0.05, 0) is 133 Å². The van der Waals surface area contributed by atoms with Gasteiger partial charge in [0, 0.05) is 32.5 Å². The summed E-state index contributed by atoms with van der Waals surface area (Å²) in [5.74, 6) is 0.971. The number of hydrogen-bond acceptors (Lipinski definition) is 17. The topological polar surface area (TPSA) is 299 Å². The fraction of sp³-hybridized carbons (Fsp3) is 0.523. The number of hydrogen-bond donors (Lipinski definition) is 7. The van der Waals surface area contributed by atoms with E-state index in [0.29, 0.717) is 32.5 Å². The summed E-state index contributed by atoms with van der Waals surface area (Å²) in [5.41, 5.74) is 13.2. The van der Waals surface area contributed by atoms with E-state index in [1.807, 2.05) is 23.5 Å². The van der Waals surface area contributed by atoms with Gasteiger partial charge in [-0.25, -0.2) is 14.4 Å². The lowest BCUT2D eigenvalue weighted by Gasteiger charge is -2.35. The van der Waals surface area contributed by atoms with Crippen LogP contribution in [0.2, 0.25) is 0 Å². The lowest BCUT2D eigenvalue weighted by Crippen LogP contribution is -2.29. The van der Waals surface area contributed by atoms with E-state index in [1.165, 1.54) is 110 Å². The van der Waals surface area contributed by atoms with Crippen LogP contribution in [0.4, 0.5) is 0 Å². The van der Waals surface area contributed by atoms with Gasteiger partial charge in [-0.15, -0.1) is 23.5 Å². The first-order valence-corrected chi connectivity index (χ1v) is 41.7. The first kappa shape index (κ1) is 95.5. The van der Waals surface area contributed by atoms with E-state index >= 15 is 0 Å². The summed E-state index contributed by atoms with van der Waals surface area (Å²) in [4.78, 5) is 66.4. The fourth-order valence-electron chi connectivity index (χ4n) is 12.3. The van der Waals surface area contributed by atoms with Crippen molar-refractivity contribution in [2.45, 2.75) is 164 Å². The molecule has 23 heteroatoms. The van der Waals surface area contributed by atoms with Crippen LogP contribution in [0.1, 0.15) is 187 Å². The van der Waals surface area contributed by atoms with Crippen LogP contribution in [0.5, 0.6) is 11.5 Å². The summed E-state index contributed by atoms with van der Waals surface area (Å²) >= 11 is 4.07. The number of nitrogens with one attached hydrogen (secondary N) is 3. The zero-order chi connectivity index (χ0) is 79.8. The van der Waals surface area contributed by atoms with Crippen LogP contribution in [-0.2, 0) is 66.7 Å². The molecule has 0 fully saturated rings. The number of aliphatic carboxylic acids is 3. The molecule has 3 amide bonds. The molecule has 6 aromatic rings. The van der Waals surface area contributed by atoms with Gasteiger partial charge in [0.15, 0.2) is 0 Å². The van der Waals surface area contributed by atoms with Crippen molar-refractivity contribution in [1.82, 2.24) is 16.0 Å². The Hall–Kier alpha value is -7.84. The van der Waals surface area contributed by atoms with E-state index < -0.39 is 17.9 Å². The number of benzene rings is 6. The van der Waals surface area contributed by atoms with Crippen LogP contribution in [-0.4, -0.2) is 182 Å². The third-order valence-electron chi connectivity index (χ3n) is 18.0. The van der Waals surface area contributed by atoms with Gasteiger partial charge in [0.25, 0.3) is 0 Å². The minimum absolute atomic E-state index is 0.0352. The summed E-state index contributed by atoms with van der Waals surface area (Å²) in [6.07, 6.45) is 25.9. The highest BCUT2D eigenvalue weighted by Gasteiger charge is 2.38. The molecule has 111 heavy (non-hydrogen) atoms. The van der Waals surface area contributed by atoms with Gasteiger partial charge in [-0.1, -0.05) is 229 Å². The van der Waals surface area contributed by atoms with Crippen LogP contribution >= 0.6 is 23.5 Å². The van der Waals surface area contributed by atoms with Gasteiger partial charge in [0.2, 0.25) is 17.7 Å². The second-order valence-electron chi connectivity index (χ2n) is 26.7. The molecule has 6 aromatic carbocycles. The Morgan fingerprint density at radius 2 is 0.559 bits per heavy atom. The molecule has 0 aliphatic heterocycles. The molecule has 21 nitrogen and oxygen atoms in total. The summed E-state index contributed by atoms with van der Waals surface area (Å²) < 4.78 is 40.0.